The molecule has 0 aliphatic rings. The zero-order chi connectivity index (χ0) is 76.2. The Morgan fingerprint density at radius 2 is 0.701 bits per heavy atom. The minimum Gasteiger partial charge on any atom is -0.262 e. The van der Waals surface area contributed by atoms with Crippen molar-refractivity contribution in [2.75, 3.05) is 0 Å². The lowest BCUT2D eigenvalue weighted by Crippen LogP contribution is -2.37. The van der Waals surface area contributed by atoms with Gasteiger partial charge in [0, 0.05) is 47.2 Å². The molecular formula is C93H105N14+5. The van der Waals surface area contributed by atoms with Gasteiger partial charge in [-0.1, -0.05) is 169 Å². The van der Waals surface area contributed by atoms with E-state index in [0.717, 1.165) is 39.8 Å². The van der Waals surface area contributed by atoms with Gasteiger partial charge in [-0.15, -0.1) is 46.8 Å². The number of pyridine rings is 4. The van der Waals surface area contributed by atoms with Crippen LogP contribution in [0.3, 0.4) is 0 Å². The normalized spacial score (nSPS) is 11.0. The van der Waals surface area contributed by atoms with E-state index in [0.29, 0.717) is 17.8 Å². The van der Waals surface area contributed by atoms with E-state index in [4.69, 9.17) is 15.0 Å². The van der Waals surface area contributed by atoms with Gasteiger partial charge in [0.15, 0.2) is 60.0 Å². The molecule has 0 bridgehead atoms. The third kappa shape index (κ3) is 17.5. The van der Waals surface area contributed by atoms with Gasteiger partial charge >= 0.3 is 0 Å². The highest BCUT2D eigenvalue weighted by molar-refractivity contribution is 5.84. The summed E-state index contributed by atoms with van der Waals surface area (Å²) in [5.41, 5.74) is 31.5. The molecule has 15 aromatic rings. The minimum absolute atomic E-state index is 0.470. The van der Waals surface area contributed by atoms with Gasteiger partial charge in [0.1, 0.15) is 28.4 Å². The molecule has 14 nitrogen and oxygen atoms in total. The summed E-state index contributed by atoms with van der Waals surface area (Å²) in [5, 5.41) is 0. The highest BCUT2D eigenvalue weighted by Crippen LogP contribution is 2.38. The summed E-state index contributed by atoms with van der Waals surface area (Å²) in [4.78, 5) is 18.6. The molecule has 542 valence electrons. The first-order valence-electron chi connectivity index (χ1n) is 37.0. The van der Waals surface area contributed by atoms with Crippen LogP contribution in [0.2, 0.25) is 0 Å². The first-order valence-corrected chi connectivity index (χ1v) is 37.0. The van der Waals surface area contributed by atoms with Crippen molar-refractivity contribution < 1.29 is 23.4 Å². The second-order valence-corrected chi connectivity index (χ2v) is 28.8. The van der Waals surface area contributed by atoms with Crippen molar-refractivity contribution in [1.29, 1.82) is 0 Å². The third-order valence-corrected chi connectivity index (χ3v) is 19.9. The summed E-state index contributed by atoms with van der Waals surface area (Å²) in [6, 6.07) is 63.8. The Morgan fingerprint density at radius 3 is 1.12 bits per heavy atom. The molecule has 0 saturated heterocycles. The monoisotopic (exact) mass is 1420 g/mol. The quantitative estimate of drug-likeness (QED) is 0.107. The van der Waals surface area contributed by atoms with Gasteiger partial charge in [0.25, 0.3) is 0 Å². The number of benzene rings is 6. The topological polar surface area (TPSA) is 95.6 Å². The highest BCUT2D eigenvalue weighted by atomic mass is 15.4. The van der Waals surface area contributed by atoms with Crippen LogP contribution >= 0.6 is 0 Å². The van der Waals surface area contributed by atoms with Crippen LogP contribution in [-0.4, -0.2) is 43.3 Å². The second kappa shape index (κ2) is 34.3. The summed E-state index contributed by atoms with van der Waals surface area (Å²) in [5.74, 6) is 1.53. The molecule has 0 atom stereocenters. The number of aromatic nitrogens is 14. The molecule has 15 rings (SSSR count). The average Bonchev–Trinajstić information content (AvgIpc) is 1.44. The van der Waals surface area contributed by atoms with Crippen LogP contribution in [0, 0.1) is 55.4 Å². The first kappa shape index (κ1) is 76.1. The number of rotatable bonds is 13. The Balaban J connectivity index is 0.000000135. The molecule has 0 saturated carbocycles. The molecule has 0 amide bonds. The zero-order valence-electron chi connectivity index (χ0n) is 66.0. The van der Waals surface area contributed by atoms with Crippen LogP contribution < -0.4 is 23.4 Å². The van der Waals surface area contributed by atoms with E-state index in [2.05, 4.69) is 323 Å². The summed E-state index contributed by atoms with van der Waals surface area (Å²) in [6.07, 6.45) is 30.3. The van der Waals surface area contributed by atoms with E-state index >= 15 is 0 Å². The minimum atomic E-state index is 0.470. The second-order valence-electron chi connectivity index (χ2n) is 28.8. The lowest BCUT2D eigenvalue weighted by molar-refractivity contribution is -0.744. The Bertz CT molecular complexity index is 5460. The van der Waals surface area contributed by atoms with Gasteiger partial charge in [-0.2, -0.15) is 0 Å². The molecule has 0 aliphatic heterocycles. The van der Waals surface area contributed by atoms with Crippen LogP contribution in [0.1, 0.15) is 120 Å². The van der Waals surface area contributed by atoms with Gasteiger partial charge in [0.2, 0.25) is 6.20 Å². The van der Waals surface area contributed by atoms with Crippen molar-refractivity contribution in [2.24, 2.45) is 35.2 Å². The Morgan fingerprint density at radius 1 is 0.299 bits per heavy atom. The van der Waals surface area contributed by atoms with Gasteiger partial charge in [-0.05, 0) is 181 Å². The summed E-state index contributed by atoms with van der Waals surface area (Å²) >= 11 is 0. The number of hydrogen-bond donors (Lipinski definition) is 0. The Labute approximate surface area is 633 Å². The summed E-state index contributed by atoms with van der Waals surface area (Å²) in [6.45, 7) is 30.6. The maximum absolute atomic E-state index is 4.86. The van der Waals surface area contributed by atoms with Gasteiger partial charge in [-0.3, -0.25) is 19.9 Å². The van der Waals surface area contributed by atoms with Crippen LogP contribution in [0.25, 0.3) is 84.5 Å². The number of aryl methyl sites for hydroxylation is 13. The summed E-state index contributed by atoms with van der Waals surface area (Å²) in [7, 11) is 10.2. The largest absolute Gasteiger partial charge is 0.262 e. The molecule has 0 spiro atoms. The molecular weight excluding hydrogens is 1310 g/mol. The Kier molecular flexibility index (Phi) is 24.4. The zero-order valence-corrected chi connectivity index (χ0v) is 66.0. The van der Waals surface area contributed by atoms with Crippen molar-refractivity contribution in [3.05, 3.63) is 336 Å². The third-order valence-electron chi connectivity index (χ3n) is 19.9. The fraction of sp³-hybridized carbons (Fsp3) is 0.237. The van der Waals surface area contributed by atoms with E-state index in [1.165, 1.54) is 106 Å². The molecule has 0 radical (unpaired) electrons. The maximum atomic E-state index is 4.86. The van der Waals surface area contributed by atoms with E-state index < -0.39 is 0 Å². The van der Waals surface area contributed by atoms with Crippen molar-refractivity contribution in [2.45, 2.75) is 115 Å². The smallest absolute Gasteiger partial charge is 0.203 e. The molecule has 6 aromatic carbocycles. The predicted molar refractivity (Wildman–Crippen MR) is 433 cm³/mol. The highest BCUT2D eigenvalue weighted by Gasteiger charge is 2.22. The maximum Gasteiger partial charge on any atom is 0.203 e. The fourth-order valence-electron chi connectivity index (χ4n) is 13.9. The lowest BCUT2D eigenvalue weighted by atomic mass is 9.86. The molecule has 107 heavy (non-hydrogen) atoms. The Hall–Kier alpha value is -12.0. The fourth-order valence-corrected chi connectivity index (χ4v) is 13.9. The van der Waals surface area contributed by atoms with Crippen molar-refractivity contribution in [3.8, 4) is 84.5 Å². The predicted octanol–water partition coefficient (Wildman–Crippen LogP) is 18.3. The van der Waals surface area contributed by atoms with Crippen LogP contribution in [-0.2, 0) is 35.2 Å². The molecule has 9 heterocycles. The van der Waals surface area contributed by atoms with Gasteiger partial charge in [0.05, 0.1) is 78.4 Å². The van der Waals surface area contributed by atoms with Crippen LogP contribution in [0.15, 0.2) is 275 Å². The van der Waals surface area contributed by atoms with Gasteiger partial charge < -0.3 is 0 Å². The molecule has 0 aliphatic carbocycles. The molecule has 0 fully saturated rings. The van der Waals surface area contributed by atoms with Crippen molar-refractivity contribution in [1.82, 2.24) is 43.3 Å². The van der Waals surface area contributed by atoms with E-state index in [1.54, 1.807) is 0 Å². The molecule has 9 aromatic heterocycles. The number of hydrogen-bond acceptors (Lipinski definition) is 4. The van der Waals surface area contributed by atoms with E-state index in [9.17, 15) is 0 Å². The number of nitrogens with zero attached hydrogens (tertiary/aromatic N) is 14. The van der Waals surface area contributed by atoms with Crippen molar-refractivity contribution >= 4 is 0 Å². The summed E-state index contributed by atoms with van der Waals surface area (Å²) < 4.78 is 20.9. The SMILES string of the molecule is Cc1cc(-c2c(C(C)C)cccc2C(C)C)ncc1-n1ccc[n+]1C.Cc1cc(-c2c(C)cccc2-c2ccccc2)ncc1-n1ccc[n+]1C.Cc1cc(-c2c(C)cccc2C)ncc1-n1ccc[n+]1C.Cc1cc(C(C)C)ccc1-n1ccc[n+]1C.Cc1ccncc1-n1cc(-c2ccccc2)c[n+]1C. The molecule has 0 N–H and O–H groups in total. The molecule has 0 unspecified atom stereocenters. The average molecular weight is 1420 g/mol. The first-order chi connectivity index (χ1) is 51.5. The standard InChI is InChI=1S/C23H22N3.C22H28N3.C18H20N3.C16H16N3.C14H19N2/c1-17-9-7-12-20(19-10-5-4-6-11-19)23(17)21-15-18(2)22(16-24-21)26-14-8-13-25(26)3;1-15(2)18-9-7-10-19(16(3)4)22(18)20-13-17(5)21(14-23-20)25-12-8-11-24(25)6;1-13-7-5-8-14(2)18(13)16-11-15(3)17(12-19-16)21-10-6-9-20(21)4;1-13-8-9-17-10-16(13)19-12-15(11-18(19)2)14-6-4-3-5-7-14;1-11(2)13-6-7-14(12(3)10-13)16-9-5-8-15(16)4/h4-16H,1-3H3;7-16H,1-6H3;5-12H,1-4H3;3-12H,1-2H3;5-11H,1-4H3/q5*+1. The van der Waals surface area contributed by atoms with E-state index in [-0.39, 0.29) is 0 Å². The van der Waals surface area contributed by atoms with Gasteiger partial charge in [-0.25, -0.2) is 0 Å². The van der Waals surface area contributed by atoms with E-state index in [1.807, 2.05) is 136 Å². The lowest BCUT2D eigenvalue weighted by Gasteiger charge is -2.20. The van der Waals surface area contributed by atoms with Crippen molar-refractivity contribution in [3.63, 3.8) is 0 Å². The van der Waals surface area contributed by atoms with Crippen LogP contribution in [0.4, 0.5) is 0 Å². The molecule has 14 heteroatoms. The van der Waals surface area contributed by atoms with Crippen LogP contribution in [0.5, 0.6) is 0 Å².